The van der Waals surface area contributed by atoms with Crippen LogP contribution in [-0.4, -0.2) is 13.4 Å². The van der Waals surface area contributed by atoms with Gasteiger partial charge in [0.15, 0.2) is 23.0 Å². The monoisotopic (exact) mass is 538 g/mol. The molecule has 3 aromatic carbocycles. The van der Waals surface area contributed by atoms with Gasteiger partial charge in [0.2, 0.25) is 12.7 Å². The highest BCUT2D eigenvalue weighted by Gasteiger charge is 2.34. The first-order chi connectivity index (χ1) is 17.0. The van der Waals surface area contributed by atoms with Crippen LogP contribution in [-0.2, 0) is 6.61 Å². The molecule has 9 heteroatoms. The third kappa shape index (κ3) is 4.21. The summed E-state index contributed by atoms with van der Waals surface area (Å²) in [6, 6.07) is 15.7. The lowest BCUT2D eigenvalue weighted by molar-refractivity contribution is 0.174. The van der Waals surface area contributed by atoms with E-state index < -0.39 is 5.92 Å². The minimum Gasteiger partial charge on any atom is -0.490 e. The largest absolute Gasteiger partial charge is 0.490 e. The number of nitrogens with zero attached hydrogens (tertiary/aromatic N) is 1. The maximum absolute atomic E-state index is 14.1. The van der Waals surface area contributed by atoms with Gasteiger partial charge in [-0.3, -0.25) is 0 Å². The lowest BCUT2D eigenvalue weighted by Gasteiger charge is -2.27. The van der Waals surface area contributed by atoms with Crippen LogP contribution in [0.5, 0.6) is 28.7 Å². The minimum atomic E-state index is -0.547. The van der Waals surface area contributed by atoms with E-state index in [0.29, 0.717) is 51.0 Å². The maximum atomic E-state index is 14.1. The molecule has 0 amide bonds. The van der Waals surface area contributed by atoms with Gasteiger partial charge in [0.25, 0.3) is 0 Å². The number of hydrogen-bond donors (Lipinski definition) is 1. The second kappa shape index (κ2) is 9.39. The Labute approximate surface area is 209 Å². The second-order valence-electron chi connectivity index (χ2n) is 7.81. The van der Waals surface area contributed by atoms with Gasteiger partial charge in [-0.15, -0.1) is 0 Å². The molecule has 0 aromatic heterocycles. The molecular formula is C26H20BrFN2O5. The molecule has 7 nitrogen and oxygen atoms in total. The number of hydrogen-bond acceptors (Lipinski definition) is 7. The van der Waals surface area contributed by atoms with Crippen molar-refractivity contribution in [1.82, 2.24) is 0 Å². The highest BCUT2D eigenvalue weighted by Crippen LogP contribution is 2.50. The number of ether oxygens (including phenoxy) is 5. The molecule has 2 aliphatic heterocycles. The fraction of sp³-hybridized carbons (Fsp3) is 0.192. The van der Waals surface area contributed by atoms with Crippen LogP contribution in [0.25, 0.3) is 0 Å². The van der Waals surface area contributed by atoms with Crippen molar-refractivity contribution in [3.05, 3.63) is 87.0 Å². The van der Waals surface area contributed by atoms with Crippen LogP contribution in [0.2, 0.25) is 0 Å². The average Bonchev–Trinajstić information content (AvgIpc) is 3.30. The van der Waals surface area contributed by atoms with Crippen molar-refractivity contribution < 1.29 is 28.1 Å². The molecule has 0 saturated carbocycles. The highest BCUT2D eigenvalue weighted by atomic mass is 79.9. The molecule has 0 saturated heterocycles. The zero-order valence-corrected chi connectivity index (χ0v) is 20.2. The quantitative estimate of drug-likeness (QED) is 0.441. The zero-order chi connectivity index (χ0) is 24.5. The summed E-state index contributed by atoms with van der Waals surface area (Å²) in [4.78, 5) is 0. The van der Waals surface area contributed by atoms with Gasteiger partial charge >= 0.3 is 0 Å². The summed E-state index contributed by atoms with van der Waals surface area (Å²) in [6.07, 6.45) is 0. The van der Waals surface area contributed by atoms with E-state index in [2.05, 4.69) is 22.0 Å². The summed E-state index contributed by atoms with van der Waals surface area (Å²) < 4.78 is 43.3. The van der Waals surface area contributed by atoms with Crippen LogP contribution in [0.3, 0.4) is 0 Å². The molecule has 0 bridgehead atoms. The molecule has 0 fully saturated rings. The lowest BCUT2D eigenvalue weighted by atomic mass is 9.83. The Morgan fingerprint density at radius 1 is 1.11 bits per heavy atom. The fourth-order valence-electron chi connectivity index (χ4n) is 4.11. The Kier molecular flexibility index (Phi) is 6.14. The van der Waals surface area contributed by atoms with Crippen LogP contribution in [0.15, 0.2) is 64.5 Å². The maximum Gasteiger partial charge on any atom is 0.231 e. The molecule has 5 rings (SSSR count). The van der Waals surface area contributed by atoms with Crippen LogP contribution < -0.4 is 29.4 Å². The summed E-state index contributed by atoms with van der Waals surface area (Å²) in [6.45, 7) is 2.35. The summed E-state index contributed by atoms with van der Waals surface area (Å²) in [5, 5.41) is 9.92. The molecule has 35 heavy (non-hydrogen) atoms. The SMILES string of the molecule is CCOc1cc([C@H]2C(C#N)=C(N)Oc3cc4c(cc32)OCO4)cc(Br)c1OCc1ccccc1F. The summed E-state index contributed by atoms with van der Waals surface area (Å²) >= 11 is 3.57. The number of nitriles is 1. The zero-order valence-electron chi connectivity index (χ0n) is 18.6. The smallest absolute Gasteiger partial charge is 0.231 e. The predicted molar refractivity (Wildman–Crippen MR) is 128 cm³/mol. The number of halogens is 2. The van der Waals surface area contributed by atoms with Crippen molar-refractivity contribution in [1.29, 1.82) is 5.26 Å². The molecule has 2 heterocycles. The van der Waals surface area contributed by atoms with Gasteiger partial charge in [-0.1, -0.05) is 18.2 Å². The normalized spacial score (nSPS) is 15.8. The third-order valence-corrected chi connectivity index (χ3v) is 6.29. The Hall–Kier alpha value is -3.90. The number of allylic oxidation sites excluding steroid dienone is 1. The van der Waals surface area contributed by atoms with Gasteiger partial charge in [0.1, 0.15) is 29.8 Å². The molecule has 0 radical (unpaired) electrons. The van der Waals surface area contributed by atoms with Crippen molar-refractivity contribution in [2.24, 2.45) is 5.73 Å². The number of nitrogens with two attached hydrogens (primary N) is 1. The van der Waals surface area contributed by atoms with Crippen molar-refractivity contribution >= 4 is 15.9 Å². The van der Waals surface area contributed by atoms with Gasteiger partial charge in [-0.25, -0.2) is 4.39 Å². The van der Waals surface area contributed by atoms with E-state index in [1.165, 1.54) is 6.07 Å². The van der Waals surface area contributed by atoms with E-state index in [9.17, 15) is 9.65 Å². The number of benzene rings is 3. The van der Waals surface area contributed by atoms with Crippen LogP contribution >= 0.6 is 15.9 Å². The van der Waals surface area contributed by atoms with Crippen LogP contribution in [0, 0.1) is 17.1 Å². The number of rotatable bonds is 6. The van der Waals surface area contributed by atoms with E-state index in [1.54, 1.807) is 36.4 Å². The average molecular weight is 539 g/mol. The van der Waals surface area contributed by atoms with E-state index in [-0.39, 0.29) is 30.7 Å². The molecule has 3 aromatic rings. The Balaban J connectivity index is 1.58. The van der Waals surface area contributed by atoms with Crippen LogP contribution in [0.4, 0.5) is 4.39 Å². The minimum absolute atomic E-state index is 0.0119. The Morgan fingerprint density at radius 2 is 1.89 bits per heavy atom. The van der Waals surface area contributed by atoms with E-state index in [1.807, 2.05) is 13.0 Å². The van der Waals surface area contributed by atoms with Crippen LogP contribution in [0.1, 0.15) is 29.5 Å². The summed E-state index contributed by atoms with van der Waals surface area (Å²) in [5.74, 6) is 1.56. The first-order valence-electron chi connectivity index (χ1n) is 10.8. The van der Waals surface area contributed by atoms with Gasteiger partial charge in [-0.05, 0) is 52.7 Å². The molecular weight excluding hydrogens is 519 g/mol. The molecule has 178 valence electrons. The molecule has 0 spiro atoms. The fourth-order valence-corrected chi connectivity index (χ4v) is 4.69. The first-order valence-corrected chi connectivity index (χ1v) is 11.6. The highest BCUT2D eigenvalue weighted by molar-refractivity contribution is 9.10. The second-order valence-corrected chi connectivity index (χ2v) is 8.67. The topological polar surface area (TPSA) is 96.0 Å². The standard InChI is InChI=1S/C26H20BrFN2O5/c1-2-31-23-8-15(7-18(27)25(23)32-12-14-5-3-4-6-19(14)28)24-16-9-21-22(34-13-33-21)10-20(16)35-26(30)17(24)11-29/h3-10,24H,2,12-13,30H2,1H3/t24-/m1/s1. The predicted octanol–water partition coefficient (Wildman–Crippen LogP) is 5.51. The van der Waals surface area contributed by atoms with Crippen molar-refractivity contribution in [3.63, 3.8) is 0 Å². The summed E-state index contributed by atoms with van der Waals surface area (Å²) in [5.41, 5.74) is 8.23. The van der Waals surface area contributed by atoms with Gasteiger partial charge < -0.3 is 29.4 Å². The third-order valence-electron chi connectivity index (χ3n) is 5.71. The van der Waals surface area contributed by atoms with Gasteiger partial charge in [0.05, 0.1) is 17.0 Å². The van der Waals surface area contributed by atoms with Crippen molar-refractivity contribution in [2.75, 3.05) is 13.4 Å². The van der Waals surface area contributed by atoms with Gasteiger partial charge in [0, 0.05) is 17.2 Å². The molecule has 2 aliphatic rings. The Bertz CT molecular complexity index is 1380. The first kappa shape index (κ1) is 22.9. The van der Waals surface area contributed by atoms with E-state index in [0.717, 1.165) is 5.56 Å². The van der Waals surface area contributed by atoms with E-state index in [4.69, 9.17) is 29.4 Å². The number of fused-ring (bicyclic) bond motifs is 2. The summed E-state index contributed by atoms with van der Waals surface area (Å²) in [7, 11) is 0. The molecule has 2 N–H and O–H groups in total. The molecule has 1 atom stereocenters. The van der Waals surface area contributed by atoms with Gasteiger partial charge in [-0.2, -0.15) is 5.26 Å². The molecule has 0 aliphatic carbocycles. The van der Waals surface area contributed by atoms with E-state index >= 15 is 0 Å². The molecule has 0 unspecified atom stereocenters. The lowest BCUT2D eigenvalue weighted by Crippen LogP contribution is -2.21. The van der Waals surface area contributed by atoms with Crippen molar-refractivity contribution in [3.8, 4) is 34.8 Å². The Morgan fingerprint density at radius 3 is 2.63 bits per heavy atom. The van der Waals surface area contributed by atoms with Crippen molar-refractivity contribution in [2.45, 2.75) is 19.4 Å².